The number of carboxylic acid groups (broad SMARTS) is 1. The summed E-state index contributed by atoms with van der Waals surface area (Å²) < 4.78 is 6.04. The number of aliphatic hydroxyl groups is 1. The summed E-state index contributed by atoms with van der Waals surface area (Å²) in [5.41, 5.74) is -0.833. The van der Waals surface area contributed by atoms with Crippen LogP contribution in [0.15, 0.2) is 33.9 Å². The van der Waals surface area contributed by atoms with Crippen LogP contribution in [0.2, 0.25) is 0 Å². The molecule has 1 aliphatic rings. The first-order chi connectivity index (χ1) is 12.4. The summed E-state index contributed by atoms with van der Waals surface area (Å²) in [5, 5.41) is 19.2. The molecule has 0 bridgehead atoms. The van der Waals surface area contributed by atoms with E-state index in [4.69, 9.17) is 9.84 Å². The number of fused-ring (bicyclic) bond motifs is 1. The van der Waals surface area contributed by atoms with Crippen LogP contribution in [0.1, 0.15) is 6.04 Å². The average Bonchev–Trinajstić information content (AvgIpc) is 2.96. The molecule has 2 aromatic rings. The molecule has 3 rings (SSSR count). The molecule has 1 saturated heterocycles. The second-order valence-electron chi connectivity index (χ2n) is 5.97. The first-order valence-corrected chi connectivity index (χ1v) is 7.87. The number of rotatable bonds is 5. The van der Waals surface area contributed by atoms with Crippen LogP contribution in [0, 0.1) is 0 Å². The normalized spacial score (nSPS) is 19.8. The third-order valence-corrected chi connectivity index (χ3v) is 4.24. The van der Waals surface area contributed by atoms with Crippen LogP contribution in [-0.2, 0) is 14.3 Å². The number of aromatic amines is 1. The van der Waals surface area contributed by atoms with Crippen molar-refractivity contribution in [1.82, 2.24) is 14.5 Å². The molecule has 1 amide bonds. The van der Waals surface area contributed by atoms with Crippen LogP contribution in [0.3, 0.4) is 0 Å². The van der Waals surface area contributed by atoms with E-state index in [-0.39, 0.29) is 13.1 Å². The number of nitrogens with zero attached hydrogens (tertiary/aromatic N) is 2. The number of para-hydroxylation sites is 1. The molecule has 3 N–H and O–H groups in total. The highest BCUT2D eigenvalue weighted by atomic mass is 16.5. The number of aliphatic hydroxyl groups excluding tert-OH is 1. The number of carbonyl (C=O) groups excluding carboxylic acids is 1. The van der Waals surface area contributed by atoms with Crippen LogP contribution >= 0.6 is 0 Å². The number of ether oxygens (including phenoxy) is 1. The lowest BCUT2D eigenvalue weighted by Gasteiger charge is -2.19. The van der Waals surface area contributed by atoms with Crippen LogP contribution in [0.25, 0.3) is 10.9 Å². The van der Waals surface area contributed by atoms with Gasteiger partial charge in [0.2, 0.25) is 5.91 Å². The lowest BCUT2D eigenvalue weighted by molar-refractivity contribution is -0.145. The summed E-state index contributed by atoms with van der Waals surface area (Å²) in [6, 6.07) is 5.75. The molecule has 10 nitrogen and oxygen atoms in total. The van der Waals surface area contributed by atoms with Crippen LogP contribution in [0.5, 0.6) is 0 Å². The molecule has 0 radical (unpaired) electrons. The van der Waals surface area contributed by atoms with Crippen LogP contribution in [0.4, 0.5) is 0 Å². The molecule has 0 saturated carbocycles. The second-order valence-corrected chi connectivity index (χ2v) is 5.97. The third kappa shape index (κ3) is 3.37. The largest absolute Gasteiger partial charge is 0.480 e. The van der Waals surface area contributed by atoms with Gasteiger partial charge in [-0.15, -0.1) is 0 Å². The number of amides is 1. The van der Waals surface area contributed by atoms with Gasteiger partial charge < -0.3 is 19.8 Å². The highest BCUT2D eigenvalue weighted by Gasteiger charge is 2.36. The highest BCUT2D eigenvalue weighted by molar-refractivity contribution is 5.79. The molecule has 2 heterocycles. The monoisotopic (exact) mass is 363 g/mol. The van der Waals surface area contributed by atoms with Gasteiger partial charge in [0.05, 0.1) is 23.0 Å². The van der Waals surface area contributed by atoms with E-state index in [2.05, 4.69) is 4.98 Å². The zero-order valence-electron chi connectivity index (χ0n) is 13.6. The van der Waals surface area contributed by atoms with E-state index >= 15 is 0 Å². The molecular formula is C16H17N3O7. The predicted octanol–water partition coefficient (Wildman–Crippen LogP) is -1.46. The van der Waals surface area contributed by atoms with Gasteiger partial charge in [-0.2, -0.15) is 0 Å². The van der Waals surface area contributed by atoms with Gasteiger partial charge in [0.15, 0.2) is 0 Å². The Labute approximate surface area is 146 Å². The van der Waals surface area contributed by atoms with E-state index in [0.717, 1.165) is 0 Å². The summed E-state index contributed by atoms with van der Waals surface area (Å²) in [6.45, 7) is -1.03. The number of aliphatic carboxylic acids is 1. The van der Waals surface area contributed by atoms with Gasteiger partial charge in [-0.1, -0.05) is 12.1 Å². The van der Waals surface area contributed by atoms with Gasteiger partial charge in [-0.05, 0) is 12.1 Å². The van der Waals surface area contributed by atoms with Crippen molar-refractivity contribution in [1.29, 1.82) is 0 Å². The molecule has 0 unspecified atom stereocenters. The Hall–Kier alpha value is -2.98. The number of H-pyrrole nitrogens is 1. The van der Waals surface area contributed by atoms with Gasteiger partial charge in [-0.25, -0.2) is 9.59 Å². The number of likely N-dealkylation sites (tertiary alicyclic amines) is 1. The SMILES string of the molecule is O=C(O)COCC(=O)N1C[C@H](O)[C@@H](n2c(=O)[nH]c(=O)c3ccccc32)C1. The standard InChI is InChI=1S/C16H17N3O7/c20-12-6-18(13(21)7-26-8-14(22)23)5-11(12)19-10-4-2-1-3-9(10)15(24)17-16(19)25/h1-4,11-12,20H,5-8H2,(H,22,23)(H,17,24,25)/t11-,12-/m0/s1. The molecule has 1 aromatic heterocycles. The average molecular weight is 363 g/mol. The number of carbonyl (C=O) groups is 2. The Balaban J connectivity index is 1.86. The maximum Gasteiger partial charge on any atom is 0.329 e. The second kappa shape index (κ2) is 7.10. The van der Waals surface area contributed by atoms with Crippen molar-refractivity contribution >= 4 is 22.8 Å². The van der Waals surface area contributed by atoms with Crippen molar-refractivity contribution in [2.24, 2.45) is 0 Å². The fourth-order valence-corrected chi connectivity index (χ4v) is 3.08. The zero-order valence-corrected chi connectivity index (χ0v) is 13.6. The number of hydrogen-bond donors (Lipinski definition) is 3. The van der Waals surface area contributed by atoms with E-state index in [9.17, 15) is 24.3 Å². The minimum atomic E-state index is -1.19. The molecule has 0 spiro atoms. The predicted molar refractivity (Wildman–Crippen MR) is 88.9 cm³/mol. The summed E-state index contributed by atoms with van der Waals surface area (Å²) in [4.78, 5) is 50.3. The summed E-state index contributed by atoms with van der Waals surface area (Å²) >= 11 is 0. The van der Waals surface area contributed by atoms with Crippen molar-refractivity contribution in [3.8, 4) is 0 Å². The number of nitrogens with one attached hydrogen (secondary N) is 1. The minimum Gasteiger partial charge on any atom is -0.480 e. The zero-order chi connectivity index (χ0) is 18.8. The fraction of sp³-hybridized carbons (Fsp3) is 0.375. The number of aromatic nitrogens is 2. The number of β-amino-alcohol motifs (C(OH)–C–C–N with tert-alkyl or cyclic N) is 1. The van der Waals surface area contributed by atoms with Gasteiger partial charge in [0, 0.05) is 13.1 Å². The van der Waals surface area contributed by atoms with Gasteiger partial charge >= 0.3 is 11.7 Å². The first kappa shape index (κ1) is 17.8. The molecular weight excluding hydrogens is 346 g/mol. The highest BCUT2D eigenvalue weighted by Crippen LogP contribution is 2.23. The topological polar surface area (TPSA) is 142 Å². The molecule has 2 atom stereocenters. The van der Waals surface area contributed by atoms with Gasteiger partial charge in [-0.3, -0.25) is 19.1 Å². The maximum absolute atomic E-state index is 12.3. The Morgan fingerprint density at radius 1 is 1.19 bits per heavy atom. The summed E-state index contributed by atoms with van der Waals surface area (Å²) in [5.74, 6) is -1.68. The molecule has 1 aliphatic heterocycles. The molecule has 0 aliphatic carbocycles. The van der Waals surface area contributed by atoms with Crippen molar-refractivity contribution in [2.45, 2.75) is 12.1 Å². The van der Waals surface area contributed by atoms with E-state index in [1.54, 1.807) is 24.3 Å². The molecule has 1 fully saturated rings. The van der Waals surface area contributed by atoms with E-state index in [1.807, 2.05) is 0 Å². The van der Waals surface area contributed by atoms with E-state index in [0.29, 0.717) is 10.9 Å². The number of hydrogen-bond acceptors (Lipinski definition) is 6. The van der Waals surface area contributed by atoms with Crippen LogP contribution < -0.4 is 11.2 Å². The van der Waals surface area contributed by atoms with Crippen molar-refractivity contribution in [2.75, 3.05) is 26.3 Å². The van der Waals surface area contributed by atoms with Crippen LogP contribution in [-0.4, -0.2) is 68.9 Å². The Morgan fingerprint density at radius 2 is 1.92 bits per heavy atom. The number of benzene rings is 1. The van der Waals surface area contributed by atoms with Crippen molar-refractivity contribution in [3.63, 3.8) is 0 Å². The molecule has 138 valence electrons. The lowest BCUT2D eigenvalue weighted by Crippen LogP contribution is -2.37. The maximum atomic E-state index is 12.3. The molecule has 10 heteroatoms. The Morgan fingerprint density at radius 3 is 2.65 bits per heavy atom. The first-order valence-electron chi connectivity index (χ1n) is 7.87. The summed E-state index contributed by atoms with van der Waals surface area (Å²) in [7, 11) is 0. The summed E-state index contributed by atoms with van der Waals surface area (Å²) in [6.07, 6.45) is -1.02. The van der Waals surface area contributed by atoms with Crippen molar-refractivity contribution < 1.29 is 24.5 Å². The lowest BCUT2D eigenvalue weighted by atomic mass is 10.1. The Kier molecular flexibility index (Phi) is 4.87. The van der Waals surface area contributed by atoms with Crippen molar-refractivity contribution in [3.05, 3.63) is 45.1 Å². The molecule has 26 heavy (non-hydrogen) atoms. The fourth-order valence-electron chi connectivity index (χ4n) is 3.08. The minimum absolute atomic E-state index is 0.0280. The number of carboxylic acids is 1. The van der Waals surface area contributed by atoms with Gasteiger partial charge in [0.1, 0.15) is 13.2 Å². The quantitative estimate of drug-likeness (QED) is 0.589. The third-order valence-electron chi connectivity index (χ3n) is 4.24. The smallest absolute Gasteiger partial charge is 0.329 e. The van der Waals surface area contributed by atoms with E-state index in [1.165, 1.54) is 9.47 Å². The Bertz CT molecular complexity index is 964. The van der Waals surface area contributed by atoms with Gasteiger partial charge in [0.25, 0.3) is 5.56 Å². The molecule has 1 aromatic carbocycles. The van der Waals surface area contributed by atoms with E-state index < -0.39 is 48.5 Å².